The molecule has 0 saturated heterocycles. The van der Waals surface area contributed by atoms with E-state index in [1.54, 1.807) is 18.9 Å². The van der Waals surface area contributed by atoms with Crippen LogP contribution < -0.4 is 10.1 Å². The van der Waals surface area contributed by atoms with Crippen LogP contribution in [-0.4, -0.2) is 41.4 Å². The number of nitrogens with zero attached hydrogens (tertiary/aromatic N) is 1. The molecule has 0 unspecified atom stereocenters. The number of rotatable bonds is 7. The maximum absolute atomic E-state index is 12.5. The normalized spacial score (nSPS) is 16.2. The fourth-order valence-corrected chi connectivity index (χ4v) is 4.48. The summed E-state index contributed by atoms with van der Waals surface area (Å²) in [7, 11) is 1.67. The maximum Gasteiger partial charge on any atom is 0.245 e. The van der Waals surface area contributed by atoms with Crippen molar-refractivity contribution in [2.75, 3.05) is 19.4 Å². The molecule has 0 saturated carbocycles. The molecular weight excluding hydrogens is 370 g/mol. The minimum absolute atomic E-state index is 0.00219. The predicted octanol–water partition coefficient (Wildman–Crippen LogP) is 3.59. The topological polar surface area (TPSA) is 66.5 Å². The van der Waals surface area contributed by atoms with Crippen LogP contribution in [0.3, 0.4) is 0 Å². The molecule has 1 aliphatic heterocycles. The molecule has 1 aromatic heterocycles. The van der Waals surface area contributed by atoms with Crippen molar-refractivity contribution in [2.45, 2.75) is 18.9 Å². The molecule has 0 spiro atoms. The average Bonchev–Trinajstić information content (AvgIpc) is 3.36. The number of amides is 1. The molecule has 144 valence electrons. The second kappa shape index (κ2) is 8.52. The number of benzene rings is 2. The van der Waals surface area contributed by atoms with E-state index in [4.69, 9.17) is 4.74 Å². The molecule has 1 amide bonds. The summed E-state index contributed by atoms with van der Waals surface area (Å²) >= 11 is 1.65. The maximum atomic E-state index is 12.5. The molecule has 1 aliphatic rings. The van der Waals surface area contributed by atoms with Gasteiger partial charge in [-0.2, -0.15) is 0 Å². The molecule has 1 atom stereocenters. The summed E-state index contributed by atoms with van der Waals surface area (Å²) in [6, 6.07) is 15.8. The first-order valence-electron chi connectivity index (χ1n) is 9.38. The zero-order chi connectivity index (χ0) is 19.3. The van der Waals surface area contributed by atoms with Crippen molar-refractivity contribution in [2.24, 2.45) is 4.99 Å². The van der Waals surface area contributed by atoms with Crippen molar-refractivity contribution in [1.29, 1.82) is 0 Å². The van der Waals surface area contributed by atoms with Gasteiger partial charge in [0.05, 0.1) is 12.2 Å². The van der Waals surface area contributed by atoms with Gasteiger partial charge in [0.25, 0.3) is 0 Å². The van der Waals surface area contributed by atoms with Crippen molar-refractivity contribution in [3.63, 3.8) is 0 Å². The number of aliphatic imine (C=N–C) groups is 1. The number of thioether (sulfide) groups is 1. The molecule has 3 aromatic rings. The van der Waals surface area contributed by atoms with Gasteiger partial charge in [-0.1, -0.05) is 36.4 Å². The van der Waals surface area contributed by atoms with E-state index in [-0.39, 0.29) is 11.9 Å². The molecule has 2 heterocycles. The SMILES string of the molecule is COc1ccccc1CC1=N[C@H](C(=O)NCCc2c[nH]c3ccccc23)CS1. The van der Waals surface area contributed by atoms with Crippen LogP contribution in [0.1, 0.15) is 11.1 Å². The van der Waals surface area contributed by atoms with Gasteiger partial charge in [0.15, 0.2) is 0 Å². The third-order valence-corrected chi connectivity index (χ3v) is 5.98. The van der Waals surface area contributed by atoms with Crippen LogP contribution >= 0.6 is 11.8 Å². The highest BCUT2D eigenvalue weighted by atomic mass is 32.2. The van der Waals surface area contributed by atoms with Gasteiger partial charge in [0.2, 0.25) is 5.91 Å². The van der Waals surface area contributed by atoms with Crippen LogP contribution in [0.25, 0.3) is 10.9 Å². The van der Waals surface area contributed by atoms with Crippen molar-refractivity contribution in [1.82, 2.24) is 10.3 Å². The average molecular weight is 394 g/mol. The molecule has 6 heteroatoms. The lowest BCUT2D eigenvalue weighted by Gasteiger charge is -2.08. The lowest BCUT2D eigenvalue weighted by Crippen LogP contribution is -2.35. The van der Waals surface area contributed by atoms with E-state index in [0.29, 0.717) is 18.7 Å². The Bertz CT molecular complexity index is 1010. The predicted molar refractivity (Wildman–Crippen MR) is 115 cm³/mol. The van der Waals surface area contributed by atoms with Crippen molar-refractivity contribution >= 4 is 33.6 Å². The van der Waals surface area contributed by atoms with Crippen molar-refractivity contribution in [3.8, 4) is 5.75 Å². The number of fused-ring (bicyclic) bond motifs is 1. The quantitative estimate of drug-likeness (QED) is 0.645. The number of carbonyl (C=O) groups excluding carboxylic acids is 1. The van der Waals surface area contributed by atoms with E-state index in [1.165, 1.54) is 10.9 Å². The van der Waals surface area contributed by atoms with Crippen molar-refractivity contribution in [3.05, 3.63) is 65.9 Å². The molecule has 0 radical (unpaired) electrons. The summed E-state index contributed by atoms with van der Waals surface area (Å²) in [5.74, 6) is 1.56. The number of ether oxygens (including phenoxy) is 1. The van der Waals surface area contributed by atoms with Gasteiger partial charge in [-0.3, -0.25) is 9.79 Å². The van der Waals surface area contributed by atoms with E-state index in [9.17, 15) is 4.79 Å². The lowest BCUT2D eigenvalue weighted by atomic mass is 10.1. The van der Waals surface area contributed by atoms with Gasteiger partial charge in [0.1, 0.15) is 11.8 Å². The van der Waals surface area contributed by atoms with Crippen LogP contribution in [0.4, 0.5) is 0 Å². The smallest absolute Gasteiger partial charge is 0.245 e. The molecule has 2 aromatic carbocycles. The van der Waals surface area contributed by atoms with Crippen LogP contribution in [0.15, 0.2) is 59.7 Å². The molecular formula is C22H23N3O2S. The molecule has 28 heavy (non-hydrogen) atoms. The van der Waals surface area contributed by atoms with Gasteiger partial charge in [0, 0.05) is 41.4 Å². The summed E-state index contributed by atoms with van der Waals surface area (Å²) in [5.41, 5.74) is 3.44. The van der Waals surface area contributed by atoms with Gasteiger partial charge >= 0.3 is 0 Å². The fraction of sp³-hybridized carbons (Fsp3) is 0.273. The number of H-pyrrole nitrogens is 1. The number of aromatic nitrogens is 1. The monoisotopic (exact) mass is 393 g/mol. The second-order valence-electron chi connectivity index (χ2n) is 6.74. The minimum atomic E-state index is -0.308. The van der Waals surface area contributed by atoms with E-state index in [1.807, 2.05) is 42.6 Å². The highest BCUT2D eigenvalue weighted by Crippen LogP contribution is 2.25. The highest BCUT2D eigenvalue weighted by molar-refractivity contribution is 8.14. The Morgan fingerprint density at radius 3 is 2.93 bits per heavy atom. The number of hydrogen-bond donors (Lipinski definition) is 2. The standard InChI is InChI=1S/C22H23N3O2S/c1-27-20-9-5-2-6-15(20)12-21-25-19(14-28-21)22(26)23-11-10-16-13-24-18-8-4-3-7-17(16)18/h2-9,13,19,24H,10-12,14H2,1H3,(H,23,26)/t19-/m0/s1. The van der Waals surface area contributed by atoms with Crippen LogP contribution in [0.5, 0.6) is 5.75 Å². The molecule has 5 nitrogen and oxygen atoms in total. The van der Waals surface area contributed by atoms with Crippen LogP contribution in [0, 0.1) is 0 Å². The largest absolute Gasteiger partial charge is 0.496 e. The number of aromatic amines is 1. The minimum Gasteiger partial charge on any atom is -0.496 e. The molecule has 4 rings (SSSR count). The first-order chi connectivity index (χ1) is 13.7. The van der Waals surface area contributed by atoms with E-state index in [2.05, 4.69) is 27.4 Å². The van der Waals surface area contributed by atoms with Crippen LogP contribution in [-0.2, 0) is 17.6 Å². The molecule has 0 aliphatic carbocycles. The summed E-state index contributed by atoms with van der Waals surface area (Å²) < 4.78 is 5.40. The Kier molecular flexibility index (Phi) is 5.67. The highest BCUT2D eigenvalue weighted by Gasteiger charge is 2.25. The van der Waals surface area contributed by atoms with E-state index < -0.39 is 0 Å². The van der Waals surface area contributed by atoms with Gasteiger partial charge < -0.3 is 15.0 Å². The van der Waals surface area contributed by atoms with Gasteiger partial charge in [-0.05, 0) is 24.1 Å². The summed E-state index contributed by atoms with van der Waals surface area (Å²) in [6.45, 7) is 0.610. The Balaban J connectivity index is 1.31. The Morgan fingerprint density at radius 1 is 1.21 bits per heavy atom. The summed E-state index contributed by atoms with van der Waals surface area (Å²) in [4.78, 5) is 20.4. The fourth-order valence-electron chi connectivity index (χ4n) is 3.44. The number of para-hydroxylation sites is 2. The van der Waals surface area contributed by atoms with Gasteiger partial charge in [-0.25, -0.2) is 0 Å². The van der Waals surface area contributed by atoms with Gasteiger partial charge in [-0.15, -0.1) is 11.8 Å². The summed E-state index contributed by atoms with van der Waals surface area (Å²) in [6.07, 6.45) is 3.52. The Labute approximate surface area is 168 Å². The Hall–Kier alpha value is -2.73. The zero-order valence-electron chi connectivity index (χ0n) is 15.8. The van der Waals surface area contributed by atoms with E-state index in [0.717, 1.165) is 28.3 Å². The third-order valence-electron chi connectivity index (χ3n) is 4.91. The summed E-state index contributed by atoms with van der Waals surface area (Å²) in [5, 5.41) is 5.24. The van der Waals surface area contributed by atoms with E-state index >= 15 is 0 Å². The Morgan fingerprint density at radius 2 is 2.04 bits per heavy atom. The number of methoxy groups -OCH3 is 1. The first kappa shape index (κ1) is 18.6. The zero-order valence-corrected chi connectivity index (χ0v) is 16.6. The first-order valence-corrected chi connectivity index (χ1v) is 10.4. The van der Waals surface area contributed by atoms with Crippen LogP contribution in [0.2, 0.25) is 0 Å². The second-order valence-corrected chi connectivity index (χ2v) is 7.83. The molecule has 0 bridgehead atoms. The number of nitrogens with one attached hydrogen (secondary N) is 2. The number of hydrogen-bond acceptors (Lipinski definition) is 4. The molecule has 0 fully saturated rings. The number of carbonyl (C=O) groups is 1. The third kappa shape index (κ3) is 4.07. The lowest BCUT2D eigenvalue weighted by molar-refractivity contribution is -0.121. The van der Waals surface area contributed by atoms with Crippen molar-refractivity contribution < 1.29 is 9.53 Å². The molecule has 2 N–H and O–H groups in total.